The van der Waals surface area contributed by atoms with E-state index < -0.39 is 5.97 Å². The molecule has 2 aromatic carbocycles. The van der Waals surface area contributed by atoms with Gasteiger partial charge in [0.2, 0.25) is 0 Å². The summed E-state index contributed by atoms with van der Waals surface area (Å²) in [5.41, 5.74) is 1.97. The normalized spacial score (nSPS) is 12.8. The van der Waals surface area contributed by atoms with Crippen molar-refractivity contribution in [1.82, 2.24) is 4.98 Å². The molecule has 0 aliphatic carbocycles. The summed E-state index contributed by atoms with van der Waals surface area (Å²) in [6.45, 7) is 1.09. The van der Waals surface area contributed by atoms with Gasteiger partial charge in [0, 0.05) is 22.5 Å². The molecule has 0 spiro atoms. The Morgan fingerprint density at radius 1 is 1.28 bits per heavy atom. The van der Waals surface area contributed by atoms with Crippen LogP contribution in [0.3, 0.4) is 0 Å². The zero-order chi connectivity index (χ0) is 17.4. The predicted molar refractivity (Wildman–Crippen MR) is 96.9 cm³/mol. The number of para-hydroxylation sites is 1. The molecule has 0 bridgehead atoms. The van der Waals surface area contributed by atoms with E-state index in [1.165, 1.54) is 11.3 Å². The van der Waals surface area contributed by atoms with Gasteiger partial charge in [0.25, 0.3) is 0 Å². The molecule has 0 radical (unpaired) electrons. The number of benzene rings is 2. The van der Waals surface area contributed by atoms with Crippen LogP contribution in [0.4, 0.5) is 5.69 Å². The number of fused-ring (bicyclic) bond motifs is 2. The van der Waals surface area contributed by atoms with Crippen molar-refractivity contribution in [2.75, 3.05) is 4.90 Å². The maximum atomic E-state index is 11.1. The number of nitrogens with zero attached hydrogens (tertiary/aromatic N) is 2. The van der Waals surface area contributed by atoms with Gasteiger partial charge in [0.05, 0.1) is 12.2 Å². The number of ether oxygens (including phenoxy) is 1. The Hall–Kier alpha value is -2.57. The van der Waals surface area contributed by atoms with Gasteiger partial charge < -0.3 is 14.7 Å². The van der Waals surface area contributed by atoms with E-state index in [0.29, 0.717) is 23.9 Å². The molecule has 126 valence electrons. The molecule has 1 N–H and O–H groups in total. The van der Waals surface area contributed by atoms with Gasteiger partial charge in [-0.3, -0.25) is 0 Å². The molecule has 1 aliphatic rings. The molecule has 0 unspecified atom stereocenters. The highest BCUT2D eigenvalue weighted by molar-refractivity contribution is 7.09. The van der Waals surface area contributed by atoms with Gasteiger partial charge in [0.1, 0.15) is 10.8 Å². The Balaban J connectivity index is 1.74. The summed E-state index contributed by atoms with van der Waals surface area (Å²) in [5, 5.41) is 12.0. The van der Waals surface area contributed by atoms with E-state index in [1.54, 1.807) is 11.4 Å². The molecular weight excluding hydrogens is 360 g/mol. The molecule has 0 saturated carbocycles. The fourth-order valence-corrected chi connectivity index (χ4v) is 3.70. The number of rotatable bonds is 3. The average molecular weight is 373 g/mol. The Bertz CT molecular complexity index is 957. The second kappa shape index (κ2) is 6.38. The maximum absolute atomic E-state index is 11.1. The molecule has 0 atom stereocenters. The van der Waals surface area contributed by atoms with Gasteiger partial charge in [-0.15, -0.1) is 11.3 Å². The Morgan fingerprint density at radius 2 is 2.12 bits per heavy atom. The molecule has 0 fully saturated rings. The fourth-order valence-electron chi connectivity index (χ4n) is 2.75. The highest BCUT2D eigenvalue weighted by Gasteiger charge is 2.22. The number of carboxylic acid groups (broad SMARTS) is 1. The molecule has 2 heterocycles. The van der Waals surface area contributed by atoms with Crippen LogP contribution in [-0.2, 0) is 13.1 Å². The molecular formula is C18H13ClN2O3S. The topological polar surface area (TPSA) is 62.7 Å². The van der Waals surface area contributed by atoms with E-state index in [1.807, 2.05) is 36.4 Å². The smallest absolute Gasteiger partial charge is 0.355 e. The van der Waals surface area contributed by atoms with E-state index in [4.69, 9.17) is 21.4 Å². The maximum Gasteiger partial charge on any atom is 0.355 e. The first kappa shape index (κ1) is 15.9. The number of halogens is 1. The third-order valence-electron chi connectivity index (χ3n) is 3.91. The first-order chi connectivity index (χ1) is 12.1. The third-order valence-corrected chi connectivity index (χ3v) is 4.98. The van der Waals surface area contributed by atoms with Crippen LogP contribution in [0.5, 0.6) is 11.5 Å². The molecule has 3 aromatic rings. The first-order valence-electron chi connectivity index (χ1n) is 7.58. The van der Waals surface area contributed by atoms with E-state index in [-0.39, 0.29) is 5.69 Å². The number of hydrogen-bond donors (Lipinski definition) is 1. The largest absolute Gasteiger partial charge is 0.476 e. The number of aromatic carboxylic acids is 1. The van der Waals surface area contributed by atoms with Gasteiger partial charge in [-0.2, -0.15) is 0 Å². The quantitative estimate of drug-likeness (QED) is 0.715. The van der Waals surface area contributed by atoms with Crippen LogP contribution in [0.1, 0.15) is 21.1 Å². The summed E-state index contributed by atoms with van der Waals surface area (Å²) in [7, 11) is 0. The number of carboxylic acids is 1. The Kier molecular flexibility index (Phi) is 4.07. The lowest BCUT2D eigenvalue weighted by atomic mass is 10.2. The lowest BCUT2D eigenvalue weighted by Gasteiger charge is -2.23. The van der Waals surface area contributed by atoms with Crippen LogP contribution < -0.4 is 9.64 Å². The minimum atomic E-state index is -1.02. The van der Waals surface area contributed by atoms with Crippen molar-refractivity contribution < 1.29 is 14.6 Å². The number of thiazole rings is 1. The van der Waals surface area contributed by atoms with Gasteiger partial charge in [0.15, 0.2) is 11.4 Å². The van der Waals surface area contributed by atoms with Gasteiger partial charge in [-0.25, -0.2) is 9.78 Å². The van der Waals surface area contributed by atoms with Crippen molar-refractivity contribution in [3.05, 3.63) is 69.1 Å². The van der Waals surface area contributed by atoms with Crippen molar-refractivity contribution in [3.63, 3.8) is 0 Å². The monoisotopic (exact) mass is 372 g/mol. The minimum Gasteiger partial charge on any atom is -0.476 e. The van der Waals surface area contributed by atoms with Crippen molar-refractivity contribution in [1.29, 1.82) is 0 Å². The zero-order valence-corrected chi connectivity index (χ0v) is 14.5. The number of aromatic nitrogens is 1. The van der Waals surface area contributed by atoms with Crippen LogP contribution in [0, 0.1) is 0 Å². The fraction of sp³-hybridized carbons (Fsp3) is 0.111. The number of hydrogen-bond acceptors (Lipinski definition) is 5. The standard InChI is InChI=1S/C18H13ClN2O3S/c19-12-5-6-16-14(7-12)21(8-11-3-1-2-4-15(11)24-16)9-17-20-13(10-25-17)18(22)23/h1-7,10H,8-9H2,(H,22,23). The summed E-state index contributed by atoms with van der Waals surface area (Å²) in [6.07, 6.45) is 0. The Labute approximate surface area is 153 Å². The molecule has 0 saturated heterocycles. The molecule has 4 rings (SSSR count). The van der Waals surface area contributed by atoms with Gasteiger partial charge >= 0.3 is 5.97 Å². The Morgan fingerprint density at radius 3 is 2.92 bits per heavy atom. The van der Waals surface area contributed by atoms with Crippen LogP contribution >= 0.6 is 22.9 Å². The average Bonchev–Trinajstić information content (AvgIpc) is 3.00. The van der Waals surface area contributed by atoms with Crippen LogP contribution in [0.2, 0.25) is 5.02 Å². The molecule has 25 heavy (non-hydrogen) atoms. The van der Waals surface area contributed by atoms with Crippen LogP contribution in [0.15, 0.2) is 47.8 Å². The SMILES string of the molecule is O=C(O)c1csc(CN2Cc3ccccc3Oc3ccc(Cl)cc32)n1. The lowest BCUT2D eigenvalue weighted by Crippen LogP contribution is -2.21. The third kappa shape index (κ3) is 3.18. The molecule has 1 aliphatic heterocycles. The van der Waals surface area contributed by atoms with Crippen molar-refractivity contribution in [3.8, 4) is 11.5 Å². The van der Waals surface area contributed by atoms with E-state index in [0.717, 1.165) is 22.0 Å². The molecule has 7 heteroatoms. The highest BCUT2D eigenvalue weighted by Crippen LogP contribution is 2.41. The summed E-state index contributed by atoms with van der Waals surface area (Å²) in [6, 6.07) is 13.3. The van der Waals surface area contributed by atoms with Crippen molar-refractivity contribution >= 4 is 34.6 Å². The van der Waals surface area contributed by atoms with E-state index in [9.17, 15) is 4.79 Å². The predicted octanol–water partition coefficient (Wildman–Crippen LogP) is 4.81. The second-order valence-corrected chi connectivity index (χ2v) is 6.99. The van der Waals surface area contributed by atoms with Crippen molar-refractivity contribution in [2.45, 2.75) is 13.1 Å². The molecule has 5 nitrogen and oxygen atoms in total. The molecule has 0 amide bonds. The van der Waals surface area contributed by atoms with E-state index in [2.05, 4.69) is 9.88 Å². The highest BCUT2D eigenvalue weighted by atomic mass is 35.5. The van der Waals surface area contributed by atoms with E-state index >= 15 is 0 Å². The van der Waals surface area contributed by atoms with Gasteiger partial charge in [-0.1, -0.05) is 29.8 Å². The van der Waals surface area contributed by atoms with Crippen LogP contribution in [0.25, 0.3) is 0 Å². The summed E-state index contributed by atoms with van der Waals surface area (Å²) in [5.74, 6) is 0.499. The number of anilines is 1. The minimum absolute atomic E-state index is 0.0674. The summed E-state index contributed by atoms with van der Waals surface area (Å²) >= 11 is 7.51. The lowest BCUT2D eigenvalue weighted by molar-refractivity contribution is 0.0691. The summed E-state index contributed by atoms with van der Waals surface area (Å²) in [4.78, 5) is 17.3. The van der Waals surface area contributed by atoms with Crippen molar-refractivity contribution in [2.24, 2.45) is 0 Å². The summed E-state index contributed by atoms with van der Waals surface area (Å²) < 4.78 is 6.06. The second-order valence-electron chi connectivity index (χ2n) is 5.61. The zero-order valence-electron chi connectivity index (χ0n) is 13.0. The van der Waals surface area contributed by atoms with Gasteiger partial charge in [-0.05, 0) is 24.3 Å². The van der Waals surface area contributed by atoms with Crippen LogP contribution in [-0.4, -0.2) is 16.1 Å². The first-order valence-corrected chi connectivity index (χ1v) is 8.84. The number of carbonyl (C=O) groups is 1. The molecule has 1 aromatic heterocycles.